The van der Waals surface area contributed by atoms with Gasteiger partial charge in [0.1, 0.15) is 5.76 Å². The molecule has 2 fully saturated rings. The Kier molecular flexibility index (Phi) is 4.87. The standard InChI is InChI=1S/C15H24N2O4S/c1-2-22(18,19)17-7-9-20-12-13-10-16(6-5-15(13)17)11-14-4-3-8-21-14/h3-4,8,13,15H,2,5-7,9-12H2,1H3/t13-,15-/m1/s1. The van der Waals surface area contributed by atoms with E-state index >= 15 is 0 Å². The summed E-state index contributed by atoms with van der Waals surface area (Å²) in [6.07, 6.45) is 2.54. The van der Waals surface area contributed by atoms with Crippen LogP contribution in [0.2, 0.25) is 0 Å². The summed E-state index contributed by atoms with van der Waals surface area (Å²) >= 11 is 0. The van der Waals surface area contributed by atoms with Gasteiger partial charge in [0.15, 0.2) is 0 Å². The van der Waals surface area contributed by atoms with Crippen LogP contribution in [0.4, 0.5) is 0 Å². The second kappa shape index (κ2) is 6.70. The maximum atomic E-state index is 12.3. The van der Waals surface area contributed by atoms with E-state index < -0.39 is 10.0 Å². The normalized spacial score (nSPS) is 28.2. The van der Waals surface area contributed by atoms with Crippen LogP contribution in [0, 0.1) is 5.92 Å². The van der Waals surface area contributed by atoms with Gasteiger partial charge in [-0.25, -0.2) is 8.42 Å². The molecule has 0 N–H and O–H groups in total. The van der Waals surface area contributed by atoms with Gasteiger partial charge in [-0.1, -0.05) is 0 Å². The Bertz CT molecular complexity index is 572. The third-order valence-corrected chi connectivity index (χ3v) is 6.51. The first kappa shape index (κ1) is 16.0. The molecule has 0 bridgehead atoms. The second-order valence-corrected chi connectivity index (χ2v) is 8.23. The van der Waals surface area contributed by atoms with E-state index in [1.165, 1.54) is 0 Å². The molecule has 1 aromatic rings. The van der Waals surface area contributed by atoms with Crippen LogP contribution in [0.1, 0.15) is 19.1 Å². The van der Waals surface area contributed by atoms with Gasteiger partial charge in [0, 0.05) is 31.6 Å². The molecule has 2 saturated heterocycles. The smallest absolute Gasteiger partial charge is 0.214 e. The topological polar surface area (TPSA) is 63.0 Å². The molecule has 6 nitrogen and oxygen atoms in total. The van der Waals surface area contributed by atoms with Crippen LogP contribution >= 0.6 is 0 Å². The Morgan fingerprint density at radius 1 is 1.36 bits per heavy atom. The third kappa shape index (κ3) is 3.37. The second-order valence-electron chi connectivity index (χ2n) is 6.02. The molecule has 0 aliphatic carbocycles. The minimum Gasteiger partial charge on any atom is -0.468 e. The van der Waals surface area contributed by atoms with Crippen molar-refractivity contribution in [3.63, 3.8) is 0 Å². The fourth-order valence-electron chi connectivity index (χ4n) is 3.47. The summed E-state index contributed by atoms with van der Waals surface area (Å²) in [5.74, 6) is 1.34. The van der Waals surface area contributed by atoms with Crippen molar-refractivity contribution in [2.24, 2.45) is 5.92 Å². The lowest BCUT2D eigenvalue weighted by Crippen LogP contribution is -2.53. The molecule has 3 heterocycles. The van der Waals surface area contributed by atoms with Gasteiger partial charge in [-0.15, -0.1) is 0 Å². The number of fused-ring (bicyclic) bond motifs is 1. The molecule has 124 valence electrons. The number of sulfonamides is 1. The highest BCUT2D eigenvalue weighted by atomic mass is 32.2. The summed E-state index contributed by atoms with van der Waals surface area (Å²) in [4.78, 5) is 2.32. The van der Waals surface area contributed by atoms with E-state index in [1.807, 2.05) is 12.1 Å². The van der Waals surface area contributed by atoms with Gasteiger partial charge in [-0.2, -0.15) is 4.31 Å². The molecule has 3 rings (SSSR count). The lowest BCUT2D eigenvalue weighted by atomic mass is 9.93. The quantitative estimate of drug-likeness (QED) is 0.830. The molecule has 0 amide bonds. The van der Waals surface area contributed by atoms with E-state index in [4.69, 9.17) is 9.15 Å². The summed E-state index contributed by atoms with van der Waals surface area (Å²) in [6.45, 7) is 5.83. The number of ether oxygens (including phenoxy) is 1. The minimum absolute atomic E-state index is 0.0697. The average molecular weight is 328 g/mol. The molecule has 0 aromatic carbocycles. The van der Waals surface area contributed by atoms with Gasteiger partial charge in [0.05, 0.1) is 31.8 Å². The Balaban J connectivity index is 1.71. The zero-order chi connectivity index (χ0) is 15.6. The zero-order valence-corrected chi connectivity index (χ0v) is 13.8. The number of hydrogen-bond acceptors (Lipinski definition) is 5. The first-order valence-corrected chi connectivity index (χ1v) is 9.53. The van der Waals surface area contributed by atoms with Crippen LogP contribution in [-0.4, -0.2) is 62.3 Å². The minimum atomic E-state index is -3.17. The molecule has 0 unspecified atom stereocenters. The molecule has 2 aliphatic heterocycles. The van der Waals surface area contributed by atoms with Gasteiger partial charge < -0.3 is 9.15 Å². The van der Waals surface area contributed by atoms with Crippen molar-refractivity contribution >= 4 is 10.0 Å². The van der Waals surface area contributed by atoms with Crippen LogP contribution in [-0.2, 0) is 21.3 Å². The summed E-state index contributed by atoms with van der Waals surface area (Å²) in [5.41, 5.74) is 0. The van der Waals surface area contributed by atoms with E-state index in [1.54, 1.807) is 17.5 Å². The molecule has 0 spiro atoms. The molecule has 0 radical (unpaired) electrons. The maximum absolute atomic E-state index is 12.3. The highest BCUT2D eigenvalue weighted by Crippen LogP contribution is 2.28. The highest BCUT2D eigenvalue weighted by Gasteiger charge is 2.39. The van der Waals surface area contributed by atoms with Crippen molar-refractivity contribution in [1.29, 1.82) is 0 Å². The number of piperidine rings is 1. The van der Waals surface area contributed by atoms with E-state index in [2.05, 4.69) is 4.90 Å². The molecule has 7 heteroatoms. The van der Waals surface area contributed by atoms with E-state index in [0.29, 0.717) is 19.8 Å². The van der Waals surface area contributed by atoms with Crippen LogP contribution in [0.25, 0.3) is 0 Å². The van der Waals surface area contributed by atoms with E-state index in [0.717, 1.165) is 31.8 Å². The number of rotatable bonds is 4. The van der Waals surface area contributed by atoms with Gasteiger partial charge in [0.2, 0.25) is 10.0 Å². The summed E-state index contributed by atoms with van der Waals surface area (Å²) < 4.78 is 37.4. The van der Waals surface area contributed by atoms with Crippen molar-refractivity contribution in [3.8, 4) is 0 Å². The Hall–Kier alpha value is -0.890. The van der Waals surface area contributed by atoms with Crippen molar-refractivity contribution < 1.29 is 17.6 Å². The van der Waals surface area contributed by atoms with Gasteiger partial charge in [-0.3, -0.25) is 4.90 Å². The van der Waals surface area contributed by atoms with Gasteiger partial charge >= 0.3 is 0 Å². The maximum Gasteiger partial charge on any atom is 0.214 e. The fourth-order valence-corrected chi connectivity index (χ4v) is 4.85. The summed E-state index contributed by atoms with van der Waals surface area (Å²) in [6, 6.07) is 3.94. The predicted octanol–water partition coefficient (Wildman–Crippen LogP) is 1.15. The van der Waals surface area contributed by atoms with Gasteiger partial charge in [0.25, 0.3) is 0 Å². The average Bonchev–Trinajstić information content (AvgIpc) is 2.91. The van der Waals surface area contributed by atoms with Crippen LogP contribution < -0.4 is 0 Å². The third-order valence-electron chi connectivity index (χ3n) is 4.62. The molecule has 22 heavy (non-hydrogen) atoms. The largest absolute Gasteiger partial charge is 0.468 e. The van der Waals surface area contributed by atoms with Gasteiger partial charge in [-0.05, 0) is 25.5 Å². The highest BCUT2D eigenvalue weighted by molar-refractivity contribution is 7.89. The van der Waals surface area contributed by atoms with Crippen molar-refractivity contribution in [3.05, 3.63) is 24.2 Å². The Morgan fingerprint density at radius 3 is 2.95 bits per heavy atom. The van der Waals surface area contributed by atoms with Crippen LogP contribution in [0.3, 0.4) is 0 Å². The Labute approximate surface area is 132 Å². The molecule has 0 saturated carbocycles. The molecule has 2 atom stereocenters. The Morgan fingerprint density at radius 2 is 2.23 bits per heavy atom. The lowest BCUT2D eigenvalue weighted by Gasteiger charge is -2.41. The number of nitrogens with zero attached hydrogens (tertiary/aromatic N) is 2. The number of hydrogen-bond donors (Lipinski definition) is 0. The molecule has 1 aromatic heterocycles. The molecule has 2 aliphatic rings. The SMILES string of the molecule is CCS(=O)(=O)N1CCOC[C@H]2CN(Cc3ccco3)CC[C@H]21. The van der Waals surface area contributed by atoms with E-state index in [9.17, 15) is 8.42 Å². The summed E-state index contributed by atoms with van der Waals surface area (Å²) in [5, 5.41) is 0. The van der Waals surface area contributed by atoms with Crippen LogP contribution in [0.15, 0.2) is 22.8 Å². The first-order chi connectivity index (χ1) is 10.6. The van der Waals surface area contributed by atoms with Crippen LogP contribution in [0.5, 0.6) is 0 Å². The van der Waals surface area contributed by atoms with E-state index in [-0.39, 0.29) is 17.7 Å². The fraction of sp³-hybridized carbons (Fsp3) is 0.733. The lowest BCUT2D eigenvalue weighted by molar-refractivity contribution is 0.0584. The number of furan rings is 1. The van der Waals surface area contributed by atoms with Crippen molar-refractivity contribution in [1.82, 2.24) is 9.21 Å². The number of likely N-dealkylation sites (tertiary alicyclic amines) is 1. The molecular formula is C15H24N2O4S. The van der Waals surface area contributed by atoms with Crippen molar-refractivity contribution in [2.45, 2.75) is 25.9 Å². The predicted molar refractivity (Wildman–Crippen MR) is 82.9 cm³/mol. The first-order valence-electron chi connectivity index (χ1n) is 7.92. The summed E-state index contributed by atoms with van der Waals surface area (Å²) in [7, 11) is -3.17. The molecular weight excluding hydrogens is 304 g/mol. The monoisotopic (exact) mass is 328 g/mol. The van der Waals surface area contributed by atoms with Crippen molar-refractivity contribution in [2.75, 3.05) is 38.6 Å². The zero-order valence-electron chi connectivity index (χ0n) is 13.0.